The van der Waals surface area contributed by atoms with Gasteiger partial charge in [0, 0.05) is 6.42 Å². The van der Waals surface area contributed by atoms with Gasteiger partial charge in [0.05, 0.1) is 27.7 Å². The molecule has 210 valence electrons. The van der Waals surface area contributed by atoms with E-state index < -0.39 is 13.7 Å². The van der Waals surface area contributed by atoms with Crippen LogP contribution in [0.5, 0.6) is 0 Å². The number of rotatable bonds is 25. The highest BCUT2D eigenvalue weighted by Crippen LogP contribution is 2.42. The van der Waals surface area contributed by atoms with Gasteiger partial charge in [0.15, 0.2) is 0 Å². The van der Waals surface area contributed by atoms with E-state index in [9.17, 15) is 14.8 Å². The Morgan fingerprint density at radius 1 is 0.800 bits per heavy atom. The van der Waals surface area contributed by atoms with Gasteiger partial charge in [0.1, 0.15) is 25.9 Å². The molecule has 0 rings (SSSR count). The number of esters is 1. The number of hydrogen-bond acceptors (Lipinski definition) is 6. The Labute approximate surface area is 216 Å². The minimum absolute atomic E-state index is 0.156. The molecule has 0 saturated heterocycles. The van der Waals surface area contributed by atoms with Crippen LogP contribution in [0.15, 0.2) is 0 Å². The normalized spacial score (nSPS) is 14.6. The SMILES string of the molecule is C=P(O)(OCC[N+](C)(C)C)OC[C@H](O)COC(=O)CCCCCCCCCCCCCCCCC. The van der Waals surface area contributed by atoms with E-state index in [0.717, 1.165) is 19.3 Å². The summed E-state index contributed by atoms with van der Waals surface area (Å²) in [7, 11) is 2.81. The molecule has 1 unspecified atom stereocenters. The number of nitrogens with zero attached hydrogens (tertiary/aromatic N) is 1. The Morgan fingerprint density at radius 2 is 1.26 bits per heavy atom. The number of quaternary nitrogens is 1. The molecule has 2 N–H and O–H groups in total. The maximum atomic E-state index is 11.9. The fourth-order valence-corrected chi connectivity index (χ4v) is 4.49. The molecule has 0 aromatic rings. The third kappa shape index (κ3) is 26.4. The number of ether oxygens (including phenoxy) is 1. The van der Waals surface area contributed by atoms with Gasteiger partial charge in [-0.3, -0.25) is 4.79 Å². The van der Waals surface area contributed by atoms with E-state index in [1.807, 2.05) is 21.1 Å². The Hall–Kier alpha value is -0.430. The van der Waals surface area contributed by atoms with Gasteiger partial charge in [-0.25, -0.2) is 0 Å². The fraction of sp³-hybridized carbons (Fsp3) is 0.926. The van der Waals surface area contributed by atoms with Gasteiger partial charge in [0.25, 0.3) is 0 Å². The molecule has 0 aliphatic heterocycles. The van der Waals surface area contributed by atoms with Crippen LogP contribution >= 0.6 is 7.57 Å². The summed E-state index contributed by atoms with van der Waals surface area (Å²) in [6.45, 7) is 2.92. The molecular weight excluding hydrogens is 465 g/mol. The summed E-state index contributed by atoms with van der Waals surface area (Å²) >= 11 is 0. The van der Waals surface area contributed by atoms with Crippen LogP contribution in [0, 0.1) is 0 Å². The molecule has 8 heteroatoms. The van der Waals surface area contributed by atoms with Crippen molar-refractivity contribution in [3.05, 3.63) is 0 Å². The van der Waals surface area contributed by atoms with E-state index in [1.165, 1.54) is 77.0 Å². The number of hydrogen-bond donors (Lipinski definition) is 2. The third-order valence-electron chi connectivity index (χ3n) is 5.94. The molecule has 0 radical (unpaired) electrons. The third-order valence-corrected chi connectivity index (χ3v) is 7.08. The maximum Gasteiger partial charge on any atom is 0.305 e. The summed E-state index contributed by atoms with van der Waals surface area (Å²) in [5.74, 6) is -0.308. The van der Waals surface area contributed by atoms with Gasteiger partial charge in [-0.15, -0.1) is 0 Å². The van der Waals surface area contributed by atoms with Crippen LogP contribution in [0.2, 0.25) is 0 Å². The molecule has 0 aromatic heterocycles. The van der Waals surface area contributed by atoms with Crippen molar-refractivity contribution in [1.82, 2.24) is 0 Å². The van der Waals surface area contributed by atoms with E-state index in [4.69, 9.17) is 13.8 Å². The lowest BCUT2D eigenvalue weighted by molar-refractivity contribution is -0.870. The summed E-state index contributed by atoms with van der Waals surface area (Å²) in [4.78, 5) is 21.9. The quantitative estimate of drug-likeness (QED) is 0.0654. The van der Waals surface area contributed by atoms with Crippen LogP contribution in [0.25, 0.3) is 0 Å². The molecule has 0 aliphatic carbocycles. The van der Waals surface area contributed by atoms with Crippen molar-refractivity contribution in [3.63, 3.8) is 0 Å². The standard InChI is InChI=1S/C27H57NO6P/c1-6-7-8-9-10-11-12-13-14-15-16-17-18-19-20-21-27(30)32-24-26(29)25-34-35(5,31)33-23-22-28(2,3)4/h26,29,31H,5-25H2,1-4H3/q+1/t26-,35?/m1/s1. The zero-order valence-corrected chi connectivity index (χ0v) is 24.2. The summed E-state index contributed by atoms with van der Waals surface area (Å²) in [5.41, 5.74) is 0. The highest BCUT2D eigenvalue weighted by molar-refractivity contribution is 7.58. The van der Waals surface area contributed by atoms with Crippen molar-refractivity contribution < 1.29 is 33.1 Å². The summed E-state index contributed by atoms with van der Waals surface area (Å²) in [6.07, 6.45) is 22.2. The summed E-state index contributed by atoms with van der Waals surface area (Å²) in [5, 5.41) is 9.94. The van der Waals surface area contributed by atoms with Crippen molar-refractivity contribution in [2.24, 2.45) is 0 Å². The first kappa shape index (κ1) is 34.6. The summed E-state index contributed by atoms with van der Waals surface area (Å²) in [6, 6.07) is 0. The average Bonchev–Trinajstić information content (AvgIpc) is 2.78. The smallest absolute Gasteiger partial charge is 0.305 e. The highest BCUT2D eigenvalue weighted by Gasteiger charge is 2.18. The van der Waals surface area contributed by atoms with E-state index in [-0.39, 0.29) is 19.2 Å². The van der Waals surface area contributed by atoms with Gasteiger partial charge in [-0.1, -0.05) is 96.8 Å². The number of unbranched alkanes of at least 4 members (excludes halogenated alkanes) is 14. The number of aliphatic hydroxyl groups is 1. The summed E-state index contributed by atoms with van der Waals surface area (Å²) < 4.78 is 16.3. The van der Waals surface area contributed by atoms with Crippen molar-refractivity contribution in [3.8, 4) is 0 Å². The molecule has 0 heterocycles. The minimum Gasteiger partial charge on any atom is -0.463 e. The molecule has 0 aliphatic rings. The van der Waals surface area contributed by atoms with Crippen molar-refractivity contribution in [1.29, 1.82) is 0 Å². The highest BCUT2D eigenvalue weighted by atomic mass is 31.2. The second-order valence-electron chi connectivity index (χ2n) is 10.8. The minimum atomic E-state index is -3.24. The van der Waals surface area contributed by atoms with E-state index in [2.05, 4.69) is 13.2 Å². The number of likely N-dealkylation sites (N-methyl/N-ethyl adjacent to an activating group) is 1. The first-order valence-corrected chi connectivity index (χ1v) is 15.7. The van der Waals surface area contributed by atoms with Crippen molar-refractivity contribution in [2.45, 2.75) is 116 Å². The Kier molecular flexibility index (Phi) is 21.4. The molecule has 35 heavy (non-hydrogen) atoms. The van der Waals surface area contributed by atoms with Crippen LogP contribution in [0.3, 0.4) is 0 Å². The predicted octanol–water partition coefficient (Wildman–Crippen LogP) is 6.08. The number of carbonyl (C=O) groups excluding carboxylic acids is 1. The Bertz CT molecular complexity index is 552. The van der Waals surface area contributed by atoms with Gasteiger partial charge >= 0.3 is 5.97 Å². The molecule has 0 amide bonds. The first-order chi connectivity index (χ1) is 16.6. The molecule has 0 bridgehead atoms. The lowest BCUT2D eigenvalue weighted by atomic mass is 10.0. The monoisotopic (exact) mass is 522 g/mol. The number of carbonyl (C=O) groups is 1. The first-order valence-electron chi connectivity index (χ1n) is 13.9. The molecule has 0 fully saturated rings. The molecule has 2 atom stereocenters. The van der Waals surface area contributed by atoms with Crippen LogP contribution in [-0.2, 0) is 18.6 Å². The van der Waals surface area contributed by atoms with Gasteiger partial charge in [-0.05, 0) is 12.7 Å². The zero-order chi connectivity index (χ0) is 26.4. The maximum absolute atomic E-state index is 11.9. The van der Waals surface area contributed by atoms with Crippen molar-refractivity contribution >= 4 is 19.8 Å². The van der Waals surface area contributed by atoms with Crippen LogP contribution in [0.1, 0.15) is 110 Å². The van der Waals surface area contributed by atoms with Gasteiger partial charge in [0.2, 0.25) is 7.57 Å². The van der Waals surface area contributed by atoms with Gasteiger partial charge < -0.3 is 28.3 Å². The van der Waals surface area contributed by atoms with Gasteiger partial charge in [-0.2, -0.15) is 0 Å². The Balaban J connectivity index is 3.53. The average molecular weight is 523 g/mol. The zero-order valence-electron chi connectivity index (χ0n) is 23.3. The lowest BCUT2D eigenvalue weighted by Crippen LogP contribution is -2.37. The lowest BCUT2D eigenvalue weighted by Gasteiger charge is -2.25. The molecular formula is C27H57NO6P+. The van der Waals surface area contributed by atoms with Crippen LogP contribution in [-0.4, -0.2) is 80.4 Å². The molecule has 0 spiro atoms. The van der Waals surface area contributed by atoms with E-state index >= 15 is 0 Å². The van der Waals surface area contributed by atoms with E-state index in [0.29, 0.717) is 24.1 Å². The second kappa shape index (κ2) is 21.6. The Morgan fingerprint density at radius 3 is 1.71 bits per heavy atom. The van der Waals surface area contributed by atoms with Crippen LogP contribution in [0.4, 0.5) is 0 Å². The number of aliphatic hydroxyl groups excluding tert-OH is 1. The topological polar surface area (TPSA) is 85.2 Å². The predicted molar refractivity (Wildman–Crippen MR) is 148 cm³/mol. The molecule has 7 nitrogen and oxygen atoms in total. The van der Waals surface area contributed by atoms with Crippen LogP contribution < -0.4 is 0 Å². The molecule has 0 saturated carbocycles. The second-order valence-corrected chi connectivity index (χ2v) is 12.6. The largest absolute Gasteiger partial charge is 0.463 e. The fourth-order valence-electron chi connectivity index (χ4n) is 3.65. The van der Waals surface area contributed by atoms with E-state index in [1.54, 1.807) is 0 Å². The van der Waals surface area contributed by atoms with Crippen molar-refractivity contribution in [2.75, 3.05) is 47.5 Å². The molecule has 0 aromatic carbocycles.